The van der Waals surface area contributed by atoms with Gasteiger partial charge in [0, 0.05) is 31.7 Å². The van der Waals surface area contributed by atoms with E-state index in [0.717, 1.165) is 30.4 Å². The molecule has 0 saturated carbocycles. The van der Waals surface area contributed by atoms with Crippen molar-refractivity contribution in [2.75, 3.05) is 26.7 Å². The number of nitrogens with zero attached hydrogens (tertiary/aromatic N) is 3. The summed E-state index contributed by atoms with van der Waals surface area (Å²) < 4.78 is 20.0. The minimum Gasteiger partial charge on any atom is -0.472 e. The lowest BCUT2D eigenvalue weighted by molar-refractivity contribution is 0.0325. The molecule has 0 spiro atoms. The third-order valence-corrected chi connectivity index (χ3v) is 7.02. The van der Waals surface area contributed by atoms with Crippen molar-refractivity contribution in [3.8, 4) is 5.88 Å². The molecule has 0 bridgehead atoms. The van der Waals surface area contributed by atoms with Gasteiger partial charge >= 0.3 is 0 Å². The van der Waals surface area contributed by atoms with Gasteiger partial charge in [-0.25, -0.2) is 9.37 Å². The van der Waals surface area contributed by atoms with Gasteiger partial charge in [0.05, 0.1) is 12.6 Å². The van der Waals surface area contributed by atoms with E-state index in [0.29, 0.717) is 31.1 Å². The van der Waals surface area contributed by atoms with E-state index >= 15 is 0 Å². The van der Waals surface area contributed by atoms with Gasteiger partial charge in [-0.05, 0) is 74.6 Å². The van der Waals surface area contributed by atoms with Crippen molar-refractivity contribution in [3.05, 3.63) is 65.1 Å². The smallest absolute Gasteiger partial charge is 0.259 e. The average Bonchev–Trinajstić information content (AvgIpc) is 2.86. The number of aliphatic hydroxyl groups excluding tert-OH is 1. The van der Waals surface area contributed by atoms with Crippen molar-refractivity contribution < 1.29 is 19.0 Å². The first-order chi connectivity index (χ1) is 16.9. The zero-order valence-electron chi connectivity index (χ0n) is 20.9. The van der Waals surface area contributed by atoms with Crippen LogP contribution in [0.4, 0.5) is 4.39 Å². The second-order valence-corrected chi connectivity index (χ2v) is 10.0. The number of hydrogen-bond donors (Lipinski definition) is 1. The summed E-state index contributed by atoms with van der Waals surface area (Å²) in [5.41, 5.74) is 3.52. The number of carbonyl (C=O) groups is 1. The van der Waals surface area contributed by atoms with Gasteiger partial charge in [0.2, 0.25) is 5.88 Å². The van der Waals surface area contributed by atoms with Crippen LogP contribution in [-0.2, 0) is 6.54 Å². The number of allylic oxidation sites excluding steroid dienone is 2. The van der Waals surface area contributed by atoms with E-state index in [1.54, 1.807) is 17.0 Å². The van der Waals surface area contributed by atoms with Crippen LogP contribution in [0.5, 0.6) is 5.88 Å². The highest BCUT2D eigenvalue weighted by atomic mass is 19.1. The lowest BCUT2D eigenvalue weighted by Gasteiger charge is -2.37. The van der Waals surface area contributed by atoms with Crippen molar-refractivity contribution in [1.29, 1.82) is 0 Å². The van der Waals surface area contributed by atoms with Gasteiger partial charge in [-0.3, -0.25) is 9.69 Å². The summed E-state index contributed by atoms with van der Waals surface area (Å²) in [4.78, 5) is 22.1. The van der Waals surface area contributed by atoms with Crippen molar-refractivity contribution in [3.63, 3.8) is 0 Å². The van der Waals surface area contributed by atoms with Gasteiger partial charge in [-0.15, -0.1) is 0 Å². The van der Waals surface area contributed by atoms with E-state index in [9.17, 15) is 14.3 Å². The predicted octanol–water partition coefficient (Wildman–Crippen LogP) is 4.53. The Bertz CT molecular complexity index is 1070. The molecule has 2 aliphatic rings. The maximum atomic E-state index is 13.6. The molecule has 0 fully saturated rings. The predicted molar refractivity (Wildman–Crippen MR) is 135 cm³/mol. The number of rotatable bonds is 7. The number of likely N-dealkylation sites (N-methyl/N-ethyl adjacent to an activating group) is 1. The summed E-state index contributed by atoms with van der Waals surface area (Å²) >= 11 is 0. The van der Waals surface area contributed by atoms with Crippen molar-refractivity contribution >= 4 is 11.5 Å². The number of halogens is 1. The molecule has 35 heavy (non-hydrogen) atoms. The highest BCUT2D eigenvalue weighted by Gasteiger charge is 2.34. The van der Waals surface area contributed by atoms with Gasteiger partial charge < -0.3 is 14.7 Å². The summed E-state index contributed by atoms with van der Waals surface area (Å²) in [6.45, 7) is 5.42. The fourth-order valence-electron chi connectivity index (χ4n) is 4.91. The minimum atomic E-state index is -0.320. The van der Waals surface area contributed by atoms with Crippen LogP contribution in [0.15, 0.2) is 42.6 Å². The molecular weight excluding hydrogens is 445 g/mol. The Morgan fingerprint density at radius 3 is 2.86 bits per heavy atom. The van der Waals surface area contributed by atoms with E-state index in [1.807, 2.05) is 32.3 Å². The van der Waals surface area contributed by atoms with Crippen LogP contribution >= 0.6 is 0 Å². The molecular formula is C28H36FN3O3. The Morgan fingerprint density at radius 1 is 1.31 bits per heavy atom. The highest BCUT2D eigenvalue weighted by molar-refractivity contribution is 5.97. The van der Waals surface area contributed by atoms with Crippen LogP contribution in [0.2, 0.25) is 0 Å². The average molecular weight is 482 g/mol. The number of carbonyl (C=O) groups excluding carboxylic acids is 1. The molecule has 6 nitrogen and oxygen atoms in total. The number of aromatic nitrogens is 1. The molecule has 1 aliphatic heterocycles. The van der Waals surface area contributed by atoms with Crippen LogP contribution in [0.3, 0.4) is 0 Å². The molecule has 0 radical (unpaired) electrons. The minimum absolute atomic E-state index is 0.00131. The van der Waals surface area contributed by atoms with Gasteiger partial charge in [-0.2, -0.15) is 0 Å². The topological polar surface area (TPSA) is 65.9 Å². The van der Waals surface area contributed by atoms with E-state index in [1.165, 1.54) is 18.1 Å². The second kappa shape index (κ2) is 11.3. The van der Waals surface area contributed by atoms with Crippen LogP contribution in [0, 0.1) is 11.7 Å². The monoisotopic (exact) mass is 481 g/mol. The SMILES string of the molecule is C[C@@H]1CN([C@H](C)CO)C(=O)c2cc(C3=CCCCC3)cnc2O[C@@H]1CN(C)Cc1cccc(F)c1. The van der Waals surface area contributed by atoms with E-state index < -0.39 is 0 Å². The number of pyridine rings is 1. The number of benzene rings is 1. The van der Waals surface area contributed by atoms with Gasteiger partial charge in [0.15, 0.2) is 0 Å². The lowest BCUT2D eigenvalue weighted by atomic mass is 9.93. The Hall–Kier alpha value is -2.77. The zero-order chi connectivity index (χ0) is 24.9. The van der Waals surface area contributed by atoms with Crippen molar-refractivity contribution in [2.24, 2.45) is 5.92 Å². The Labute approximate surface area is 207 Å². The molecule has 4 rings (SSSR count). The Kier molecular flexibility index (Phi) is 8.19. The van der Waals surface area contributed by atoms with Gasteiger partial charge in [0.1, 0.15) is 17.5 Å². The number of hydrogen-bond acceptors (Lipinski definition) is 5. The maximum Gasteiger partial charge on any atom is 0.259 e. The van der Waals surface area contributed by atoms with Crippen molar-refractivity contribution in [1.82, 2.24) is 14.8 Å². The molecule has 1 aromatic heterocycles. The molecule has 1 amide bonds. The third-order valence-electron chi connectivity index (χ3n) is 7.02. The standard InChI is InChI=1S/C28H36FN3O3/c1-19-15-32(20(2)18-33)28(34)25-13-23(22-9-5-4-6-10-22)14-30-27(25)35-26(19)17-31(3)16-21-8-7-11-24(29)12-21/h7-9,11-14,19-20,26,33H,4-6,10,15-18H2,1-3H3/t19-,20-,26-/m1/s1. The Morgan fingerprint density at radius 2 is 2.14 bits per heavy atom. The molecule has 0 unspecified atom stereocenters. The molecule has 2 aromatic rings. The molecule has 3 atom stereocenters. The summed E-state index contributed by atoms with van der Waals surface area (Å²) in [6.07, 6.45) is 8.16. The fourth-order valence-corrected chi connectivity index (χ4v) is 4.91. The normalized spacial score (nSPS) is 21.6. The van der Waals surface area contributed by atoms with Gasteiger partial charge in [0.25, 0.3) is 5.91 Å². The van der Waals surface area contributed by atoms with Crippen molar-refractivity contribution in [2.45, 2.75) is 58.2 Å². The molecule has 2 heterocycles. The maximum absolute atomic E-state index is 13.6. The quantitative estimate of drug-likeness (QED) is 0.630. The lowest BCUT2D eigenvalue weighted by Crippen LogP contribution is -2.49. The van der Waals surface area contributed by atoms with E-state index in [4.69, 9.17) is 4.74 Å². The first-order valence-corrected chi connectivity index (χ1v) is 12.6. The highest BCUT2D eigenvalue weighted by Crippen LogP contribution is 2.32. The summed E-state index contributed by atoms with van der Waals surface area (Å²) in [7, 11) is 1.98. The largest absolute Gasteiger partial charge is 0.472 e. The summed E-state index contributed by atoms with van der Waals surface area (Å²) in [5, 5.41) is 9.87. The molecule has 0 saturated heterocycles. The Balaban J connectivity index is 1.62. The summed E-state index contributed by atoms with van der Waals surface area (Å²) in [5.74, 6) is -0.0778. The second-order valence-electron chi connectivity index (χ2n) is 10.0. The molecule has 1 aliphatic carbocycles. The molecule has 1 aromatic carbocycles. The van der Waals surface area contributed by atoms with Crippen LogP contribution in [0.25, 0.3) is 5.57 Å². The third kappa shape index (κ3) is 6.08. The zero-order valence-corrected chi connectivity index (χ0v) is 20.9. The first-order valence-electron chi connectivity index (χ1n) is 12.6. The molecule has 7 heteroatoms. The number of aliphatic hydroxyl groups is 1. The molecule has 188 valence electrons. The van der Waals surface area contributed by atoms with Crippen LogP contribution in [0.1, 0.15) is 61.0 Å². The van der Waals surface area contributed by atoms with Crippen LogP contribution < -0.4 is 4.74 Å². The fraction of sp³-hybridized carbons (Fsp3) is 0.500. The van der Waals surface area contributed by atoms with E-state index in [-0.39, 0.29) is 36.4 Å². The summed E-state index contributed by atoms with van der Waals surface area (Å²) in [6, 6.07) is 8.19. The van der Waals surface area contributed by atoms with Crippen LogP contribution in [-0.4, -0.2) is 64.7 Å². The number of amides is 1. The van der Waals surface area contributed by atoms with Gasteiger partial charge in [-0.1, -0.05) is 25.1 Å². The number of ether oxygens (including phenoxy) is 1. The first kappa shape index (κ1) is 25.3. The number of fused-ring (bicyclic) bond motifs is 1. The van der Waals surface area contributed by atoms with E-state index in [2.05, 4.69) is 22.9 Å². The molecule has 1 N–H and O–H groups in total.